The van der Waals surface area contributed by atoms with Crippen molar-refractivity contribution in [1.82, 2.24) is 0 Å². The van der Waals surface area contributed by atoms with E-state index < -0.39 is 80.9 Å². The highest BCUT2D eigenvalue weighted by atomic mass is 16.6. The summed E-state index contributed by atoms with van der Waals surface area (Å²) >= 11 is 0. The van der Waals surface area contributed by atoms with Crippen LogP contribution in [0.3, 0.4) is 0 Å². The van der Waals surface area contributed by atoms with Crippen LogP contribution >= 0.6 is 0 Å². The maximum atomic E-state index is 13.7. The van der Waals surface area contributed by atoms with Crippen molar-refractivity contribution in [2.24, 2.45) is 0 Å². The summed E-state index contributed by atoms with van der Waals surface area (Å²) in [6.45, 7) is 0.224. The molecule has 0 aromatic heterocycles. The average molecular weight is 606 g/mol. The lowest BCUT2D eigenvalue weighted by molar-refractivity contribution is 0.0431. The van der Waals surface area contributed by atoms with Gasteiger partial charge in [0.05, 0.1) is 46.6 Å². The van der Waals surface area contributed by atoms with Gasteiger partial charge in [-0.05, 0) is 34.9 Å². The summed E-state index contributed by atoms with van der Waals surface area (Å²) in [5.74, 6) is -8.78. The summed E-state index contributed by atoms with van der Waals surface area (Å²) in [5.41, 5.74) is -5.02. The van der Waals surface area contributed by atoms with Crippen molar-refractivity contribution in [2.75, 3.05) is 26.4 Å². The molecule has 3 aromatic carbocycles. The Morgan fingerprint density at radius 2 is 1.05 bits per heavy atom. The van der Waals surface area contributed by atoms with Gasteiger partial charge >= 0.3 is 35.8 Å². The Hall–Kier alpha value is -5.60. The molecule has 2 heterocycles. The van der Waals surface area contributed by atoms with Crippen LogP contribution in [0.25, 0.3) is 22.3 Å². The van der Waals surface area contributed by atoms with E-state index in [1.807, 2.05) is 0 Å². The molecule has 0 aliphatic carbocycles. The first-order valence-corrected chi connectivity index (χ1v) is 12.9. The lowest BCUT2D eigenvalue weighted by Gasteiger charge is -2.21. The van der Waals surface area contributed by atoms with Crippen LogP contribution < -0.4 is 0 Å². The van der Waals surface area contributed by atoms with Gasteiger partial charge in [-0.3, -0.25) is 0 Å². The summed E-state index contributed by atoms with van der Waals surface area (Å²) in [5, 5.41) is 39.7. The van der Waals surface area contributed by atoms with Crippen molar-refractivity contribution in [2.45, 2.75) is 12.2 Å². The van der Waals surface area contributed by atoms with Crippen LogP contribution in [0.1, 0.15) is 62.1 Å². The van der Waals surface area contributed by atoms with E-state index in [1.165, 1.54) is 30.3 Å². The van der Waals surface area contributed by atoms with E-state index in [9.17, 15) is 49.2 Å². The largest absolute Gasteiger partial charge is 0.478 e. The van der Waals surface area contributed by atoms with Gasteiger partial charge in [-0.15, -0.1) is 0 Å². The third-order valence-corrected chi connectivity index (χ3v) is 6.81. The van der Waals surface area contributed by atoms with Gasteiger partial charge in [-0.2, -0.15) is 0 Å². The monoisotopic (exact) mass is 606 g/mol. The van der Waals surface area contributed by atoms with Crippen LogP contribution in [0.5, 0.6) is 0 Å². The topological polar surface area (TPSA) is 227 Å². The summed E-state index contributed by atoms with van der Waals surface area (Å²) in [6, 6.07) is 9.20. The third-order valence-electron chi connectivity index (χ3n) is 6.81. The van der Waals surface area contributed by atoms with Gasteiger partial charge in [-0.25, -0.2) is 28.8 Å². The molecule has 2 saturated heterocycles. The number of carboxylic acid groups (broad SMARTS) is 4. The second-order valence-corrected chi connectivity index (χ2v) is 9.70. The van der Waals surface area contributed by atoms with E-state index in [1.54, 1.807) is 0 Å². The summed E-state index contributed by atoms with van der Waals surface area (Å²) in [4.78, 5) is 76.0. The number of esters is 2. The van der Waals surface area contributed by atoms with Crippen molar-refractivity contribution in [1.29, 1.82) is 0 Å². The number of ether oxygens (including phenoxy) is 4. The summed E-state index contributed by atoms with van der Waals surface area (Å²) in [7, 11) is 0. The van der Waals surface area contributed by atoms with Crippen LogP contribution in [-0.2, 0) is 18.9 Å². The molecule has 2 aliphatic heterocycles. The van der Waals surface area contributed by atoms with Crippen LogP contribution in [0.4, 0.5) is 0 Å². The highest BCUT2D eigenvalue weighted by Gasteiger charge is 2.34. The quantitative estimate of drug-likeness (QED) is 0.172. The molecular formula is C30H22O14. The highest BCUT2D eigenvalue weighted by molar-refractivity contribution is 6.16. The summed E-state index contributed by atoms with van der Waals surface area (Å²) in [6.07, 6.45) is -0.786. The zero-order valence-corrected chi connectivity index (χ0v) is 22.5. The van der Waals surface area contributed by atoms with Crippen LogP contribution in [0, 0.1) is 0 Å². The molecular weight excluding hydrogens is 584 g/mol. The van der Waals surface area contributed by atoms with Crippen molar-refractivity contribution >= 4 is 35.8 Å². The molecule has 14 nitrogen and oxygen atoms in total. The van der Waals surface area contributed by atoms with Crippen LogP contribution in [0.15, 0.2) is 48.5 Å². The van der Waals surface area contributed by atoms with Gasteiger partial charge in [0.15, 0.2) is 0 Å². The van der Waals surface area contributed by atoms with Gasteiger partial charge in [0.1, 0.15) is 25.4 Å². The molecule has 0 amide bonds. The van der Waals surface area contributed by atoms with Gasteiger partial charge < -0.3 is 39.4 Å². The van der Waals surface area contributed by atoms with Crippen LogP contribution in [0.2, 0.25) is 0 Å². The van der Waals surface area contributed by atoms with E-state index in [0.717, 1.165) is 18.2 Å². The minimum atomic E-state index is -1.72. The van der Waals surface area contributed by atoms with E-state index >= 15 is 0 Å². The number of hydrogen-bond acceptors (Lipinski definition) is 10. The number of carbonyl (C=O) groups excluding carboxylic acids is 2. The zero-order chi connectivity index (χ0) is 31.7. The first kappa shape index (κ1) is 29.9. The molecule has 2 fully saturated rings. The predicted octanol–water partition coefficient (Wildman–Crippen LogP) is 2.92. The fourth-order valence-electron chi connectivity index (χ4n) is 4.66. The number of benzene rings is 3. The highest BCUT2D eigenvalue weighted by Crippen LogP contribution is 2.42. The third kappa shape index (κ3) is 5.97. The maximum Gasteiger partial charge on any atom is 0.339 e. The molecule has 44 heavy (non-hydrogen) atoms. The molecule has 0 radical (unpaired) electrons. The van der Waals surface area contributed by atoms with Crippen molar-refractivity contribution in [3.8, 4) is 22.3 Å². The van der Waals surface area contributed by atoms with Crippen molar-refractivity contribution in [3.05, 3.63) is 81.9 Å². The number of carbonyl (C=O) groups is 6. The van der Waals surface area contributed by atoms with Gasteiger partial charge in [-0.1, -0.05) is 30.3 Å². The Balaban J connectivity index is 1.88. The van der Waals surface area contributed by atoms with Crippen molar-refractivity contribution < 1.29 is 68.1 Å². The molecule has 226 valence electrons. The van der Waals surface area contributed by atoms with Gasteiger partial charge in [0, 0.05) is 5.56 Å². The fourth-order valence-corrected chi connectivity index (χ4v) is 4.66. The normalized spacial score (nSPS) is 16.5. The predicted molar refractivity (Wildman–Crippen MR) is 145 cm³/mol. The smallest absolute Gasteiger partial charge is 0.339 e. The Morgan fingerprint density at radius 1 is 0.568 bits per heavy atom. The number of hydrogen-bond donors (Lipinski definition) is 4. The van der Waals surface area contributed by atoms with E-state index in [-0.39, 0.29) is 36.0 Å². The summed E-state index contributed by atoms with van der Waals surface area (Å²) < 4.78 is 20.8. The SMILES string of the molecule is O=C(O)c1cccc(-c2ccc(C(=O)OCC3CO3)c(C(=O)OCC3CO3)c2-c2cccc(C(=O)O)c2C(=O)O)c1C(=O)O. The maximum absolute atomic E-state index is 13.7. The van der Waals surface area contributed by atoms with Crippen molar-refractivity contribution in [3.63, 3.8) is 0 Å². The minimum absolute atomic E-state index is 0.168. The average Bonchev–Trinajstić information content (AvgIpc) is 3.92. The second-order valence-electron chi connectivity index (χ2n) is 9.70. The minimum Gasteiger partial charge on any atom is -0.478 e. The number of aromatic carboxylic acids is 4. The molecule has 0 saturated carbocycles. The van der Waals surface area contributed by atoms with E-state index in [2.05, 4.69) is 0 Å². The number of epoxide rings is 2. The number of carboxylic acids is 4. The first-order chi connectivity index (χ1) is 21.0. The zero-order valence-electron chi connectivity index (χ0n) is 22.5. The van der Waals surface area contributed by atoms with E-state index in [0.29, 0.717) is 13.2 Å². The Labute approximate surface area is 247 Å². The standard InChI is InChI=1S/C30H22O14/c31-25(32)18-5-1-3-15(22(18)27(35)36)16-7-8-20(29(39)43-11-13-9-41-13)24(30(40)44-12-14-10-42-14)21(16)17-4-2-6-19(26(33)34)23(17)28(37)38/h1-8,13-14H,9-12H2,(H,31,32)(H,33,34)(H,35,36)(H,37,38). The molecule has 4 N–H and O–H groups in total. The van der Waals surface area contributed by atoms with Gasteiger partial charge in [0.2, 0.25) is 0 Å². The molecule has 3 aromatic rings. The molecule has 14 heteroatoms. The Kier molecular flexibility index (Phi) is 8.11. The molecule has 0 spiro atoms. The Morgan fingerprint density at radius 3 is 1.52 bits per heavy atom. The van der Waals surface area contributed by atoms with Crippen LogP contribution in [-0.4, -0.2) is 94.9 Å². The van der Waals surface area contributed by atoms with Gasteiger partial charge in [0.25, 0.3) is 0 Å². The molecule has 5 rings (SSSR count). The fraction of sp³-hybridized carbons (Fsp3) is 0.200. The molecule has 2 unspecified atom stereocenters. The lowest BCUT2D eigenvalue weighted by Crippen LogP contribution is -2.20. The van der Waals surface area contributed by atoms with E-state index in [4.69, 9.17) is 18.9 Å². The first-order valence-electron chi connectivity index (χ1n) is 12.9. The molecule has 2 aliphatic rings. The Bertz CT molecular complexity index is 1730. The molecule has 2 atom stereocenters. The second kappa shape index (κ2) is 11.9. The number of rotatable bonds is 12. The lowest BCUT2D eigenvalue weighted by atomic mass is 9.82. The molecule has 0 bridgehead atoms.